The van der Waals surface area contributed by atoms with Crippen LogP contribution in [0.15, 0.2) is 0 Å². The quantitative estimate of drug-likeness (QED) is 0.0636. The van der Waals surface area contributed by atoms with Crippen LogP contribution in [-0.4, -0.2) is 34.2 Å². The number of ketones is 1. The second-order valence-corrected chi connectivity index (χ2v) is 13.5. The molecular weight excluding hydrogens is 518 g/mol. The van der Waals surface area contributed by atoms with Gasteiger partial charge in [-0.25, -0.2) is 0 Å². The summed E-state index contributed by atoms with van der Waals surface area (Å²) in [5.41, 5.74) is 6.06. The zero-order valence-electron chi connectivity index (χ0n) is 28.7. The Hall–Kier alpha value is -0.450. The molecule has 4 N–H and O–H groups in total. The van der Waals surface area contributed by atoms with E-state index in [9.17, 15) is 15.0 Å². The van der Waals surface area contributed by atoms with E-state index in [0.717, 1.165) is 32.1 Å². The number of rotatable bonds is 35. The highest BCUT2D eigenvalue weighted by Gasteiger charge is 2.27. The molecule has 0 aromatic rings. The highest BCUT2D eigenvalue weighted by molar-refractivity contribution is 5.83. The van der Waals surface area contributed by atoms with Gasteiger partial charge in [0, 0.05) is 6.42 Å². The van der Waals surface area contributed by atoms with Crippen molar-refractivity contribution in [1.29, 1.82) is 0 Å². The third-order valence-corrected chi connectivity index (χ3v) is 9.27. The van der Waals surface area contributed by atoms with Crippen molar-refractivity contribution in [1.82, 2.24) is 0 Å². The summed E-state index contributed by atoms with van der Waals surface area (Å²) in [6.07, 6.45) is 38.0. The summed E-state index contributed by atoms with van der Waals surface area (Å²) >= 11 is 0. The molecule has 42 heavy (non-hydrogen) atoms. The SMILES string of the molecule is CCCCCCCCCCCCCCCCCC(=O)C(O)C(N)C(O)CCCCCCCCCCCCCCCCC. The number of aliphatic hydroxyl groups excluding tert-OH is 2. The molecule has 0 aromatic carbocycles. The molecule has 0 amide bonds. The van der Waals surface area contributed by atoms with E-state index < -0.39 is 18.2 Å². The normalized spacial score (nSPS) is 13.8. The van der Waals surface area contributed by atoms with Crippen molar-refractivity contribution >= 4 is 5.78 Å². The van der Waals surface area contributed by atoms with E-state index in [0.29, 0.717) is 12.8 Å². The van der Waals surface area contributed by atoms with Gasteiger partial charge in [-0.2, -0.15) is 0 Å². The summed E-state index contributed by atoms with van der Waals surface area (Å²) in [5, 5.41) is 20.8. The van der Waals surface area contributed by atoms with Crippen LogP contribution in [-0.2, 0) is 4.79 Å². The topological polar surface area (TPSA) is 83.5 Å². The molecular formula is C38H77NO3. The van der Waals surface area contributed by atoms with E-state index in [1.54, 1.807) is 0 Å². The van der Waals surface area contributed by atoms with Gasteiger partial charge in [-0.05, 0) is 12.8 Å². The largest absolute Gasteiger partial charge is 0.391 e. The molecule has 3 unspecified atom stereocenters. The zero-order chi connectivity index (χ0) is 30.9. The van der Waals surface area contributed by atoms with Crippen LogP contribution in [0.3, 0.4) is 0 Å². The summed E-state index contributed by atoms with van der Waals surface area (Å²) in [6.45, 7) is 4.55. The maximum Gasteiger partial charge on any atom is 0.162 e. The van der Waals surface area contributed by atoms with Gasteiger partial charge in [0.1, 0.15) is 6.10 Å². The van der Waals surface area contributed by atoms with E-state index >= 15 is 0 Å². The molecule has 0 fully saturated rings. The Morgan fingerprint density at radius 2 is 0.714 bits per heavy atom. The van der Waals surface area contributed by atoms with Crippen LogP contribution < -0.4 is 5.73 Å². The van der Waals surface area contributed by atoms with Gasteiger partial charge in [-0.15, -0.1) is 0 Å². The first-order valence-electron chi connectivity index (χ1n) is 19.2. The molecule has 0 saturated carbocycles. The number of hydrogen-bond acceptors (Lipinski definition) is 4. The molecule has 0 heterocycles. The first-order chi connectivity index (χ1) is 20.5. The van der Waals surface area contributed by atoms with Gasteiger partial charge in [-0.1, -0.05) is 200 Å². The fourth-order valence-electron chi connectivity index (χ4n) is 6.16. The van der Waals surface area contributed by atoms with Gasteiger partial charge in [0.2, 0.25) is 0 Å². The Balaban J connectivity index is 3.53. The second-order valence-electron chi connectivity index (χ2n) is 13.5. The Morgan fingerprint density at radius 3 is 1.02 bits per heavy atom. The molecule has 4 heteroatoms. The van der Waals surface area contributed by atoms with E-state index in [1.165, 1.54) is 161 Å². The molecule has 0 spiro atoms. The van der Waals surface area contributed by atoms with Crippen LogP contribution in [0.1, 0.15) is 219 Å². The van der Waals surface area contributed by atoms with Gasteiger partial charge in [0.05, 0.1) is 12.1 Å². The minimum absolute atomic E-state index is 0.201. The Morgan fingerprint density at radius 1 is 0.452 bits per heavy atom. The maximum atomic E-state index is 12.4. The molecule has 4 nitrogen and oxygen atoms in total. The molecule has 0 aliphatic carbocycles. The molecule has 0 aliphatic heterocycles. The summed E-state index contributed by atoms with van der Waals surface area (Å²) in [7, 11) is 0. The highest BCUT2D eigenvalue weighted by atomic mass is 16.3. The first kappa shape index (κ1) is 41.5. The van der Waals surface area contributed by atoms with Crippen LogP contribution in [0.4, 0.5) is 0 Å². The molecule has 0 aliphatic rings. The third-order valence-electron chi connectivity index (χ3n) is 9.27. The zero-order valence-corrected chi connectivity index (χ0v) is 28.7. The van der Waals surface area contributed by atoms with Gasteiger partial charge in [-0.3, -0.25) is 4.79 Å². The van der Waals surface area contributed by atoms with Crippen molar-refractivity contribution in [2.45, 2.75) is 238 Å². The summed E-state index contributed by atoms with van der Waals surface area (Å²) in [4.78, 5) is 12.4. The van der Waals surface area contributed by atoms with Crippen LogP contribution in [0.25, 0.3) is 0 Å². The van der Waals surface area contributed by atoms with Crippen molar-refractivity contribution < 1.29 is 15.0 Å². The van der Waals surface area contributed by atoms with Crippen LogP contribution in [0.2, 0.25) is 0 Å². The predicted molar refractivity (Wildman–Crippen MR) is 184 cm³/mol. The minimum Gasteiger partial charge on any atom is -0.391 e. The number of carbonyl (C=O) groups is 1. The fourth-order valence-corrected chi connectivity index (χ4v) is 6.16. The van der Waals surface area contributed by atoms with Gasteiger partial charge in [0.15, 0.2) is 5.78 Å². The number of nitrogens with two attached hydrogens (primary N) is 1. The Bertz CT molecular complexity index is 540. The Kier molecular flexibility index (Phi) is 33.1. The fraction of sp³-hybridized carbons (Fsp3) is 0.974. The van der Waals surface area contributed by atoms with Crippen LogP contribution >= 0.6 is 0 Å². The molecule has 0 radical (unpaired) electrons. The number of hydrogen-bond donors (Lipinski definition) is 3. The van der Waals surface area contributed by atoms with Gasteiger partial charge < -0.3 is 15.9 Å². The smallest absolute Gasteiger partial charge is 0.162 e. The van der Waals surface area contributed by atoms with Crippen molar-refractivity contribution in [3.8, 4) is 0 Å². The lowest BCUT2D eigenvalue weighted by atomic mass is 9.95. The highest BCUT2D eigenvalue weighted by Crippen LogP contribution is 2.17. The average Bonchev–Trinajstić information content (AvgIpc) is 3.00. The second kappa shape index (κ2) is 33.4. The number of Topliss-reactive ketones (excluding diaryl/α,β-unsaturated/α-hetero) is 1. The summed E-state index contributed by atoms with van der Waals surface area (Å²) in [6, 6.07) is -0.861. The Labute approximate surface area is 263 Å². The van der Waals surface area contributed by atoms with Gasteiger partial charge >= 0.3 is 0 Å². The number of aliphatic hydroxyl groups is 2. The minimum atomic E-state index is -1.23. The first-order valence-corrected chi connectivity index (χ1v) is 19.2. The lowest BCUT2D eigenvalue weighted by Crippen LogP contribution is -2.48. The van der Waals surface area contributed by atoms with E-state index in [1.807, 2.05) is 0 Å². The van der Waals surface area contributed by atoms with Crippen LogP contribution in [0, 0.1) is 0 Å². The van der Waals surface area contributed by atoms with Crippen molar-refractivity contribution in [3.63, 3.8) is 0 Å². The van der Waals surface area contributed by atoms with Crippen LogP contribution in [0.5, 0.6) is 0 Å². The predicted octanol–water partition coefficient (Wildman–Crippen LogP) is 11.1. The molecule has 252 valence electrons. The molecule has 0 bridgehead atoms. The standard InChI is InChI=1S/C38H77NO3/c1-3-5-7-9-11-13-15-17-19-21-23-25-27-29-31-33-35(40)37(39)38(42)36(41)34-32-30-28-26-24-22-20-18-16-14-12-10-8-6-4-2/h35,37-38,40,42H,3-34,39H2,1-2H3. The summed E-state index contributed by atoms with van der Waals surface area (Å²) < 4.78 is 0. The molecule has 0 aromatic heterocycles. The molecule has 3 atom stereocenters. The maximum absolute atomic E-state index is 12.4. The average molecular weight is 596 g/mol. The van der Waals surface area contributed by atoms with E-state index in [4.69, 9.17) is 5.73 Å². The summed E-state index contributed by atoms with van der Waals surface area (Å²) in [5.74, 6) is -0.201. The number of carbonyl (C=O) groups excluding carboxylic acids is 1. The van der Waals surface area contributed by atoms with E-state index in [2.05, 4.69) is 13.8 Å². The third kappa shape index (κ3) is 28.3. The van der Waals surface area contributed by atoms with Crippen molar-refractivity contribution in [3.05, 3.63) is 0 Å². The monoisotopic (exact) mass is 596 g/mol. The molecule has 0 saturated heterocycles. The van der Waals surface area contributed by atoms with Gasteiger partial charge in [0.25, 0.3) is 0 Å². The van der Waals surface area contributed by atoms with Crippen molar-refractivity contribution in [2.75, 3.05) is 0 Å². The van der Waals surface area contributed by atoms with E-state index in [-0.39, 0.29) is 5.78 Å². The molecule has 0 rings (SSSR count). The lowest BCUT2D eigenvalue weighted by Gasteiger charge is -2.23. The van der Waals surface area contributed by atoms with Crippen molar-refractivity contribution in [2.24, 2.45) is 5.73 Å². The lowest BCUT2D eigenvalue weighted by molar-refractivity contribution is -0.129. The number of unbranched alkanes of at least 4 members (excludes halogenated alkanes) is 28.